The van der Waals surface area contributed by atoms with Crippen LogP contribution in [0.25, 0.3) is 0 Å². The summed E-state index contributed by atoms with van der Waals surface area (Å²) in [7, 11) is -3.54. The molecule has 0 spiro atoms. The van der Waals surface area contributed by atoms with E-state index in [4.69, 9.17) is 0 Å². The second kappa shape index (κ2) is 8.22. The highest BCUT2D eigenvalue weighted by Crippen LogP contribution is 2.21. The summed E-state index contributed by atoms with van der Waals surface area (Å²) in [5.74, 6) is -0.755. The minimum atomic E-state index is -3.54. The number of benzene rings is 2. The van der Waals surface area contributed by atoms with Crippen molar-refractivity contribution in [3.63, 3.8) is 0 Å². The fourth-order valence-electron chi connectivity index (χ4n) is 2.52. The molecule has 25 heavy (non-hydrogen) atoms. The van der Waals surface area contributed by atoms with Gasteiger partial charge in [-0.25, -0.2) is 17.5 Å². The molecule has 2 rings (SSSR count). The second-order valence-electron chi connectivity index (χ2n) is 5.76. The highest BCUT2D eigenvalue weighted by Gasteiger charge is 2.20. The second-order valence-corrected chi connectivity index (χ2v) is 7.54. The quantitative estimate of drug-likeness (QED) is 0.793. The van der Waals surface area contributed by atoms with Crippen LogP contribution in [0.5, 0.6) is 0 Å². The van der Waals surface area contributed by atoms with Crippen molar-refractivity contribution in [2.24, 2.45) is 0 Å². The van der Waals surface area contributed by atoms with E-state index in [0.29, 0.717) is 11.3 Å². The Balaban J connectivity index is 2.18. The lowest BCUT2D eigenvalue weighted by atomic mass is 10.0. The van der Waals surface area contributed by atoms with Crippen LogP contribution in [0.4, 0.5) is 10.1 Å². The van der Waals surface area contributed by atoms with Gasteiger partial charge in [-0.05, 0) is 35.7 Å². The molecule has 2 aromatic carbocycles. The van der Waals surface area contributed by atoms with E-state index in [0.717, 1.165) is 18.2 Å². The number of anilines is 1. The number of hydrogen-bond acceptors (Lipinski definition) is 3. The maximum Gasteiger partial charge on any atom is 0.226 e. The molecule has 0 heterocycles. The highest BCUT2D eigenvalue weighted by atomic mass is 32.2. The molecule has 0 aliphatic rings. The number of amides is 1. The molecule has 1 amide bonds. The van der Waals surface area contributed by atoms with E-state index in [1.807, 2.05) is 25.1 Å². The summed E-state index contributed by atoms with van der Waals surface area (Å²) >= 11 is 0. The van der Waals surface area contributed by atoms with Crippen LogP contribution < -0.4 is 10.0 Å². The van der Waals surface area contributed by atoms with Gasteiger partial charge in [0.05, 0.1) is 12.3 Å². The van der Waals surface area contributed by atoms with Gasteiger partial charge in [-0.3, -0.25) is 4.79 Å². The van der Waals surface area contributed by atoms with Crippen LogP contribution in [-0.4, -0.2) is 20.6 Å². The van der Waals surface area contributed by atoms with Crippen LogP contribution in [0.3, 0.4) is 0 Å². The maximum absolute atomic E-state index is 13.1. The van der Waals surface area contributed by atoms with Crippen LogP contribution in [0.1, 0.15) is 30.5 Å². The van der Waals surface area contributed by atoms with Gasteiger partial charge in [0.1, 0.15) is 5.82 Å². The molecule has 2 aromatic rings. The molecule has 0 bridgehead atoms. The number of carbonyl (C=O) groups is 1. The minimum absolute atomic E-state index is 0.100. The van der Waals surface area contributed by atoms with Crippen LogP contribution in [0, 0.1) is 5.82 Å². The SMILES string of the molecule is CCc1ccccc1NC(=O)C[C@H](NS(C)(=O)=O)c1ccc(F)cc1. The summed E-state index contributed by atoms with van der Waals surface area (Å²) in [5, 5.41) is 2.81. The Morgan fingerprint density at radius 1 is 1.12 bits per heavy atom. The van der Waals surface area contributed by atoms with E-state index in [1.165, 1.54) is 24.3 Å². The molecule has 0 saturated heterocycles. The summed E-state index contributed by atoms with van der Waals surface area (Å²) in [5.41, 5.74) is 2.21. The van der Waals surface area contributed by atoms with E-state index >= 15 is 0 Å². The first-order valence-corrected chi connectivity index (χ1v) is 9.78. The molecule has 0 fully saturated rings. The van der Waals surface area contributed by atoms with Gasteiger partial charge in [-0.1, -0.05) is 37.3 Å². The van der Waals surface area contributed by atoms with Gasteiger partial charge in [-0.15, -0.1) is 0 Å². The molecule has 134 valence electrons. The average Bonchev–Trinajstić information content (AvgIpc) is 2.54. The molecule has 0 aliphatic carbocycles. The van der Waals surface area contributed by atoms with Crippen LogP contribution in [0.15, 0.2) is 48.5 Å². The zero-order chi connectivity index (χ0) is 18.4. The molecule has 7 heteroatoms. The molecule has 0 aromatic heterocycles. The molecule has 2 N–H and O–H groups in total. The molecular formula is C18H21FN2O3S. The Morgan fingerprint density at radius 2 is 1.76 bits per heavy atom. The lowest BCUT2D eigenvalue weighted by Crippen LogP contribution is -2.30. The van der Waals surface area contributed by atoms with Crippen molar-refractivity contribution in [2.45, 2.75) is 25.8 Å². The Bertz CT molecular complexity index is 836. The Hall–Kier alpha value is -2.25. The lowest BCUT2D eigenvalue weighted by molar-refractivity contribution is -0.116. The van der Waals surface area contributed by atoms with Gasteiger partial charge in [0, 0.05) is 12.1 Å². The molecule has 0 saturated carbocycles. The number of sulfonamides is 1. The third-order valence-corrected chi connectivity index (χ3v) is 4.40. The van der Waals surface area contributed by atoms with Crippen molar-refractivity contribution in [3.8, 4) is 0 Å². The molecule has 0 aliphatic heterocycles. The zero-order valence-electron chi connectivity index (χ0n) is 14.1. The Morgan fingerprint density at radius 3 is 2.36 bits per heavy atom. The van der Waals surface area contributed by atoms with Gasteiger partial charge in [0.25, 0.3) is 0 Å². The molecule has 1 atom stereocenters. The largest absolute Gasteiger partial charge is 0.326 e. The summed E-state index contributed by atoms with van der Waals surface area (Å²) in [6, 6.07) is 12.0. The number of para-hydroxylation sites is 1. The Kier molecular flexibility index (Phi) is 6.27. The summed E-state index contributed by atoms with van der Waals surface area (Å²) in [6.45, 7) is 1.98. The van der Waals surface area contributed by atoms with Gasteiger partial charge >= 0.3 is 0 Å². The normalized spacial score (nSPS) is 12.6. The van der Waals surface area contributed by atoms with Crippen molar-refractivity contribution in [3.05, 3.63) is 65.5 Å². The van der Waals surface area contributed by atoms with Crippen LogP contribution >= 0.6 is 0 Å². The third kappa shape index (κ3) is 5.95. The fraction of sp³-hybridized carbons (Fsp3) is 0.278. The van der Waals surface area contributed by atoms with Gasteiger partial charge in [0.2, 0.25) is 15.9 Å². The number of aryl methyl sites for hydroxylation is 1. The number of halogens is 1. The molecule has 0 radical (unpaired) electrons. The topological polar surface area (TPSA) is 75.3 Å². The maximum atomic E-state index is 13.1. The minimum Gasteiger partial charge on any atom is -0.326 e. The fourth-order valence-corrected chi connectivity index (χ4v) is 3.25. The van der Waals surface area contributed by atoms with Crippen LogP contribution in [-0.2, 0) is 21.2 Å². The number of rotatable bonds is 7. The summed E-state index contributed by atoms with van der Waals surface area (Å²) in [6.07, 6.45) is 1.68. The summed E-state index contributed by atoms with van der Waals surface area (Å²) < 4.78 is 38.7. The first kappa shape index (κ1) is 19.1. The first-order chi connectivity index (χ1) is 11.8. The van der Waals surface area contributed by atoms with Gasteiger partial charge in [0.15, 0.2) is 0 Å². The van der Waals surface area contributed by atoms with E-state index in [2.05, 4.69) is 10.0 Å². The van der Waals surface area contributed by atoms with E-state index < -0.39 is 21.9 Å². The monoisotopic (exact) mass is 364 g/mol. The molecule has 0 unspecified atom stereocenters. The van der Waals surface area contributed by atoms with Crippen molar-refractivity contribution in [1.82, 2.24) is 4.72 Å². The average molecular weight is 364 g/mol. The summed E-state index contributed by atoms with van der Waals surface area (Å²) in [4.78, 5) is 12.4. The van der Waals surface area contributed by atoms with Crippen molar-refractivity contribution < 1.29 is 17.6 Å². The zero-order valence-corrected chi connectivity index (χ0v) is 14.9. The number of carbonyl (C=O) groups excluding carboxylic acids is 1. The highest BCUT2D eigenvalue weighted by molar-refractivity contribution is 7.88. The van der Waals surface area contributed by atoms with Crippen molar-refractivity contribution in [1.29, 1.82) is 0 Å². The first-order valence-electron chi connectivity index (χ1n) is 7.89. The van der Waals surface area contributed by atoms with Gasteiger partial charge < -0.3 is 5.32 Å². The van der Waals surface area contributed by atoms with Crippen molar-refractivity contribution >= 4 is 21.6 Å². The standard InChI is InChI=1S/C18H21FN2O3S/c1-3-13-6-4-5-7-16(13)20-18(22)12-17(21-25(2,23)24)14-8-10-15(19)11-9-14/h4-11,17,21H,3,12H2,1-2H3,(H,20,22)/t17-/m0/s1. The van der Waals surface area contributed by atoms with E-state index in [1.54, 1.807) is 6.07 Å². The van der Waals surface area contributed by atoms with Gasteiger partial charge in [-0.2, -0.15) is 0 Å². The van der Waals surface area contributed by atoms with E-state index in [9.17, 15) is 17.6 Å². The van der Waals surface area contributed by atoms with E-state index in [-0.39, 0.29) is 12.3 Å². The lowest BCUT2D eigenvalue weighted by Gasteiger charge is -2.18. The number of nitrogens with one attached hydrogen (secondary N) is 2. The Labute approximate surface area is 147 Å². The predicted octanol–water partition coefficient (Wildman–Crippen LogP) is 3.01. The third-order valence-electron chi connectivity index (χ3n) is 3.69. The predicted molar refractivity (Wildman–Crippen MR) is 96.2 cm³/mol. The van der Waals surface area contributed by atoms with Crippen LogP contribution in [0.2, 0.25) is 0 Å². The number of hydrogen-bond donors (Lipinski definition) is 2. The molecular weight excluding hydrogens is 343 g/mol. The smallest absolute Gasteiger partial charge is 0.226 e. The van der Waals surface area contributed by atoms with Crippen molar-refractivity contribution in [2.75, 3.05) is 11.6 Å². The molecule has 5 nitrogen and oxygen atoms in total.